The Kier molecular flexibility index (Phi) is 4.29. The van der Waals surface area contributed by atoms with E-state index in [0.717, 1.165) is 18.8 Å². The molecule has 0 amide bonds. The van der Waals surface area contributed by atoms with Gasteiger partial charge in [-0.05, 0) is 36.4 Å². The lowest BCUT2D eigenvalue weighted by Crippen LogP contribution is -3.00. The molecule has 0 fully saturated rings. The third-order valence-corrected chi connectivity index (χ3v) is 5.10. The van der Waals surface area contributed by atoms with Crippen LogP contribution in [0.5, 0.6) is 5.75 Å². The standard InChI is InChI=1S/C22H19N2O.BrH/c1-25-17-12-10-16(11-13-17)23-14-15-24-21-9-5-4-7-19(21)18-6-2-3-8-20(18)22(23)24;/h2-13H,14-15H2,1H3;1H/q+1;/p-1. The molecule has 2 heterocycles. The van der Waals surface area contributed by atoms with E-state index in [-0.39, 0.29) is 17.0 Å². The van der Waals surface area contributed by atoms with Crippen molar-refractivity contribution < 1.29 is 26.3 Å². The quantitative estimate of drug-likeness (QED) is 0.370. The minimum absolute atomic E-state index is 0. The van der Waals surface area contributed by atoms with E-state index in [1.807, 2.05) is 12.1 Å². The van der Waals surface area contributed by atoms with Crippen LogP contribution in [-0.2, 0) is 6.54 Å². The molecule has 3 nitrogen and oxygen atoms in total. The molecule has 3 aromatic carbocycles. The Labute approximate surface area is 163 Å². The second-order valence-corrected chi connectivity index (χ2v) is 6.39. The zero-order chi connectivity index (χ0) is 16.8. The molecule has 0 bridgehead atoms. The number of halogens is 1. The van der Waals surface area contributed by atoms with Gasteiger partial charge in [-0.25, -0.2) is 9.47 Å². The maximum Gasteiger partial charge on any atom is 0.290 e. The van der Waals surface area contributed by atoms with E-state index in [0.29, 0.717) is 0 Å². The van der Waals surface area contributed by atoms with Gasteiger partial charge in [0.25, 0.3) is 5.82 Å². The summed E-state index contributed by atoms with van der Waals surface area (Å²) < 4.78 is 7.75. The lowest BCUT2D eigenvalue weighted by molar-refractivity contribution is -0.643. The highest BCUT2D eigenvalue weighted by Crippen LogP contribution is 2.36. The lowest BCUT2D eigenvalue weighted by Gasteiger charge is -2.14. The molecule has 130 valence electrons. The van der Waals surface area contributed by atoms with Crippen molar-refractivity contribution in [3.63, 3.8) is 0 Å². The van der Waals surface area contributed by atoms with E-state index in [2.05, 4.69) is 70.1 Å². The van der Waals surface area contributed by atoms with Crippen LogP contribution in [0.3, 0.4) is 0 Å². The van der Waals surface area contributed by atoms with Crippen molar-refractivity contribution in [3.05, 3.63) is 72.8 Å². The van der Waals surface area contributed by atoms with Gasteiger partial charge >= 0.3 is 0 Å². The summed E-state index contributed by atoms with van der Waals surface area (Å²) in [4.78, 5) is 2.41. The number of rotatable bonds is 2. The summed E-state index contributed by atoms with van der Waals surface area (Å²) >= 11 is 0. The molecular formula is C22H19BrN2O. The van der Waals surface area contributed by atoms with Crippen LogP contribution >= 0.6 is 0 Å². The molecule has 1 aliphatic heterocycles. The summed E-state index contributed by atoms with van der Waals surface area (Å²) in [6.45, 7) is 1.97. The van der Waals surface area contributed by atoms with Gasteiger partial charge in [-0.3, -0.25) is 0 Å². The summed E-state index contributed by atoms with van der Waals surface area (Å²) in [5, 5.41) is 3.93. The number of fused-ring (bicyclic) bond motifs is 6. The number of nitrogens with zero attached hydrogens (tertiary/aromatic N) is 2. The SMILES string of the molecule is COc1ccc(N2CC[n+]3c2c2ccccc2c2ccccc23)cc1.[Br-]. The summed E-state index contributed by atoms with van der Waals surface area (Å²) in [5.41, 5.74) is 2.50. The first kappa shape index (κ1) is 16.9. The average Bonchev–Trinajstić information content (AvgIpc) is 3.14. The van der Waals surface area contributed by atoms with Crippen molar-refractivity contribution in [2.45, 2.75) is 6.54 Å². The molecule has 1 aromatic heterocycles. The highest BCUT2D eigenvalue weighted by molar-refractivity contribution is 6.08. The Morgan fingerprint density at radius 2 is 1.46 bits per heavy atom. The molecule has 0 atom stereocenters. The number of benzene rings is 3. The highest BCUT2D eigenvalue weighted by atomic mass is 79.9. The summed E-state index contributed by atoms with van der Waals surface area (Å²) in [6.07, 6.45) is 0. The van der Waals surface area contributed by atoms with Gasteiger partial charge < -0.3 is 21.7 Å². The lowest BCUT2D eigenvalue weighted by atomic mass is 10.1. The number of hydrogen-bond donors (Lipinski definition) is 0. The van der Waals surface area contributed by atoms with Gasteiger partial charge in [0, 0.05) is 10.8 Å². The Balaban J connectivity index is 0.00000168. The molecule has 0 N–H and O–H groups in total. The maximum atomic E-state index is 5.31. The van der Waals surface area contributed by atoms with Crippen LogP contribution < -0.4 is 31.2 Å². The summed E-state index contributed by atoms with van der Waals surface area (Å²) in [6, 6.07) is 25.7. The molecule has 1 aliphatic rings. The molecule has 5 rings (SSSR count). The van der Waals surface area contributed by atoms with Crippen LogP contribution in [0.4, 0.5) is 11.5 Å². The molecule has 4 aromatic rings. The molecule has 26 heavy (non-hydrogen) atoms. The largest absolute Gasteiger partial charge is 1.00 e. The Morgan fingerprint density at radius 1 is 0.808 bits per heavy atom. The molecule has 0 saturated carbocycles. The van der Waals surface area contributed by atoms with E-state index < -0.39 is 0 Å². The fourth-order valence-electron chi connectivity index (χ4n) is 3.95. The maximum absolute atomic E-state index is 5.31. The number of anilines is 2. The zero-order valence-corrected chi connectivity index (χ0v) is 16.1. The van der Waals surface area contributed by atoms with E-state index >= 15 is 0 Å². The van der Waals surface area contributed by atoms with Crippen molar-refractivity contribution in [1.29, 1.82) is 0 Å². The number of para-hydroxylation sites is 1. The summed E-state index contributed by atoms with van der Waals surface area (Å²) in [5.74, 6) is 2.17. The number of aromatic nitrogens is 1. The molecule has 4 heteroatoms. The van der Waals surface area contributed by atoms with Crippen LogP contribution in [0.25, 0.3) is 21.7 Å². The Bertz CT molecular complexity index is 1090. The van der Waals surface area contributed by atoms with E-state index in [1.54, 1.807) is 7.11 Å². The molecule has 0 unspecified atom stereocenters. The van der Waals surface area contributed by atoms with Gasteiger partial charge in [0.1, 0.15) is 30.0 Å². The predicted molar refractivity (Wildman–Crippen MR) is 102 cm³/mol. The topological polar surface area (TPSA) is 16.4 Å². The minimum atomic E-state index is 0. The number of hydrogen-bond acceptors (Lipinski definition) is 2. The van der Waals surface area contributed by atoms with Crippen molar-refractivity contribution in [3.8, 4) is 5.75 Å². The molecule has 0 aliphatic carbocycles. The van der Waals surface area contributed by atoms with Crippen LogP contribution in [0.2, 0.25) is 0 Å². The fourth-order valence-corrected chi connectivity index (χ4v) is 3.95. The van der Waals surface area contributed by atoms with E-state index in [9.17, 15) is 0 Å². The first-order valence-corrected chi connectivity index (χ1v) is 8.62. The number of ether oxygens (including phenoxy) is 1. The fraction of sp³-hybridized carbons (Fsp3) is 0.136. The second-order valence-electron chi connectivity index (χ2n) is 6.39. The normalized spacial score (nSPS) is 12.9. The average molecular weight is 407 g/mol. The third-order valence-electron chi connectivity index (χ3n) is 5.10. The molecule has 0 saturated heterocycles. The van der Waals surface area contributed by atoms with E-state index in [4.69, 9.17) is 4.74 Å². The molecular weight excluding hydrogens is 388 g/mol. The highest BCUT2D eigenvalue weighted by Gasteiger charge is 2.33. The number of methoxy groups -OCH3 is 1. The van der Waals surface area contributed by atoms with Gasteiger partial charge in [-0.15, -0.1) is 0 Å². The van der Waals surface area contributed by atoms with Crippen LogP contribution in [-0.4, -0.2) is 13.7 Å². The van der Waals surface area contributed by atoms with Crippen LogP contribution in [0, 0.1) is 0 Å². The van der Waals surface area contributed by atoms with Crippen molar-refractivity contribution in [1.82, 2.24) is 0 Å². The van der Waals surface area contributed by atoms with Crippen LogP contribution in [0.1, 0.15) is 0 Å². The monoisotopic (exact) mass is 406 g/mol. The van der Waals surface area contributed by atoms with Gasteiger partial charge in [-0.2, -0.15) is 0 Å². The third kappa shape index (κ3) is 2.44. The Morgan fingerprint density at radius 3 is 2.19 bits per heavy atom. The predicted octanol–water partition coefficient (Wildman–Crippen LogP) is 1.44. The minimum Gasteiger partial charge on any atom is -1.00 e. The second kappa shape index (κ2) is 6.61. The summed E-state index contributed by atoms with van der Waals surface area (Å²) in [7, 11) is 1.70. The zero-order valence-electron chi connectivity index (χ0n) is 14.5. The number of pyridine rings is 1. The van der Waals surface area contributed by atoms with E-state index in [1.165, 1.54) is 33.2 Å². The van der Waals surface area contributed by atoms with Gasteiger partial charge in [-0.1, -0.05) is 36.4 Å². The van der Waals surface area contributed by atoms with Gasteiger partial charge in [0.05, 0.1) is 12.5 Å². The van der Waals surface area contributed by atoms with Crippen molar-refractivity contribution in [2.24, 2.45) is 0 Å². The first-order valence-electron chi connectivity index (χ1n) is 8.62. The molecule has 0 radical (unpaired) electrons. The van der Waals surface area contributed by atoms with Gasteiger partial charge in [0.15, 0.2) is 0 Å². The Hall–Kier alpha value is -2.59. The van der Waals surface area contributed by atoms with Crippen LogP contribution in [0.15, 0.2) is 72.8 Å². The van der Waals surface area contributed by atoms with Crippen molar-refractivity contribution in [2.75, 3.05) is 18.6 Å². The smallest absolute Gasteiger partial charge is 0.290 e. The molecule has 0 spiro atoms. The van der Waals surface area contributed by atoms with Gasteiger partial charge in [0.2, 0.25) is 0 Å². The van der Waals surface area contributed by atoms with Crippen molar-refractivity contribution >= 4 is 33.2 Å². The first-order chi connectivity index (χ1) is 12.4.